The van der Waals surface area contributed by atoms with Gasteiger partial charge in [-0.3, -0.25) is 9.52 Å². The molecule has 6 nitrogen and oxygen atoms in total. The Morgan fingerprint density at radius 2 is 1.56 bits per heavy atom. The predicted molar refractivity (Wildman–Crippen MR) is 105 cm³/mol. The van der Waals surface area contributed by atoms with Gasteiger partial charge in [0.25, 0.3) is 15.9 Å². The van der Waals surface area contributed by atoms with Gasteiger partial charge in [-0.25, -0.2) is 8.42 Å². The molecule has 1 amide bonds. The van der Waals surface area contributed by atoms with Crippen LogP contribution >= 0.6 is 0 Å². The quantitative estimate of drug-likeness (QED) is 0.680. The van der Waals surface area contributed by atoms with Crippen molar-refractivity contribution in [2.75, 3.05) is 17.1 Å². The summed E-state index contributed by atoms with van der Waals surface area (Å²) >= 11 is 0. The number of sulfonamides is 1. The van der Waals surface area contributed by atoms with E-state index in [1.807, 2.05) is 6.07 Å². The number of hydrogen-bond donors (Lipinski definition) is 2. The first-order valence-corrected chi connectivity index (χ1v) is 9.59. The lowest BCUT2D eigenvalue weighted by Gasteiger charge is -2.11. The summed E-state index contributed by atoms with van der Waals surface area (Å²) in [6.45, 7) is 0. The van der Waals surface area contributed by atoms with Crippen molar-refractivity contribution in [1.29, 1.82) is 0 Å². The number of para-hydroxylation sites is 1. The second-order valence-electron chi connectivity index (χ2n) is 5.69. The Morgan fingerprint density at radius 3 is 2.30 bits per heavy atom. The normalized spacial score (nSPS) is 10.9. The molecule has 0 heterocycles. The molecule has 0 unspecified atom stereocenters. The molecule has 3 rings (SSSR count). The van der Waals surface area contributed by atoms with Gasteiger partial charge in [-0.2, -0.15) is 0 Å². The lowest BCUT2D eigenvalue weighted by molar-refractivity contribution is 0.102. The third-order valence-electron chi connectivity index (χ3n) is 3.76. The first-order valence-electron chi connectivity index (χ1n) is 8.11. The molecule has 3 aromatic rings. The maximum absolute atomic E-state index is 12.7. The molecule has 0 saturated carbocycles. The number of nitrogens with one attached hydrogen (secondary N) is 2. The largest absolute Gasteiger partial charge is 0.497 e. The molecule has 0 bridgehead atoms. The average molecular weight is 382 g/mol. The Balaban J connectivity index is 1.82. The molecule has 0 aliphatic rings. The van der Waals surface area contributed by atoms with Crippen LogP contribution in [0.15, 0.2) is 83.8 Å². The zero-order valence-electron chi connectivity index (χ0n) is 14.5. The minimum Gasteiger partial charge on any atom is -0.497 e. The molecule has 0 spiro atoms. The molecule has 3 aromatic carbocycles. The number of anilines is 2. The fraction of sp³-hybridized carbons (Fsp3) is 0.0500. The minimum absolute atomic E-state index is 0.00830. The van der Waals surface area contributed by atoms with Gasteiger partial charge >= 0.3 is 0 Å². The van der Waals surface area contributed by atoms with Gasteiger partial charge in [0.2, 0.25) is 0 Å². The van der Waals surface area contributed by atoms with Crippen molar-refractivity contribution in [2.24, 2.45) is 0 Å². The Bertz CT molecular complexity index is 1050. The van der Waals surface area contributed by atoms with Crippen molar-refractivity contribution in [3.05, 3.63) is 84.4 Å². The summed E-state index contributed by atoms with van der Waals surface area (Å²) in [5, 5.41) is 2.73. The third kappa shape index (κ3) is 4.65. The summed E-state index contributed by atoms with van der Waals surface area (Å²) in [7, 11) is -2.35. The van der Waals surface area contributed by atoms with Crippen LogP contribution in [0, 0.1) is 0 Å². The van der Waals surface area contributed by atoms with E-state index in [-0.39, 0.29) is 16.4 Å². The van der Waals surface area contributed by atoms with Gasteiger partial charge in [-0.05, 0) is 42.5 Å². The van der Waals surface area contributed by atoms with E-state index in [4.69, 9.17) is 4.74 Å². The van der Waals surface area contributed by atoms with Gasteiger partial charge in [0, 0.05) is 17.3 Å². The number of carbonyl (C=O) groups is 1. The summed E-state index contributed by atoms with van der Waals surface area (Å²) in [5.74, 6) is 0.144. The second kappa shape index (κ2) is 7.92. The van der Waals surface area contributed by atoms with Crippen LogP contribution < -0.4 is 14.8 Å². The van der Waals surface area contributed by atoms with Crippen LogP contribution in [-0.4, -0.2) is 21.4 Å². The van der Waals surface area contributed by atoms with E-state index in [0.29, 0.717) is 17.1 Å². The molecule has 138 valence electrons. The molecule has 27 heavy (non-hydrogen) atoms. The second-order valence-corrected chi connectivity index (χ2v) is 7.37. The van der Waals surface area contributed by atoms with Crippen LogP contribution in [0.25, 0.3) is 0 Å². The van der Waals surface area contributed by atoms with E-state index in [1.54, 1.807) is 54.6 Å². The number of benzene rings is 3. The summed E-state index contributed by atoms with van der Waals surface area (Å²) < 4.78 is 32.9. The number of amides is 1. The molecule has 0 aromatic heterocycles. The van der Waals surface area contributed by atoms with Crippen LogP contribution in [-0.2, 0) is 10.0 Å². The highest BCUT2D eigenvalue weighted by Crippen LogP contribution is 2.21. The van der Waals surface area contributed by atoms with Gasteiger partial charge in [0.15, 0.2) is 0 Å². The van der Waals surface area contributed by atoms with Crippen molar-refractivity contribution in [1.82, 2.24) is 0 Å². The maximum Gasteiger partial charge on any atom is 0.261 e. The summed E-state index contributed by atoms with van der Waals surface area (Å²) in [6, 6.07) is 21.4. The molecule has 0 atom stereocenters. The predicted octanol–water partition coefficient (Wildman–Crippen LogP) is 3.75. The van der Waals surface area contributed by atoms with Gasteiger partial charge in [0.1, 0.15) is 5.75 Å². The lowest BCUT2D eigenvalue weighted by Crippen LogP contribution is -2.16. The molecular weight excluding hydrogens is 364 g/mol. The topological polar surface area (TPSA) is 84.5 Å². The molecule has 0 saturated heterocycles. The van der Waals surface area contributed by atoms with Crippen LogP contribution in [0.3, 0.4) is 0 Å². The maximum atomic E-state index is 12.7. The molecule has 7 heteroatoms. The number of rotatable bonds is 6. The van der Waals surface area contributed by atoms with Crippen molar-refractivity contribution >= 4 is 27.3 Å². The van der Waals surface area contributed by atoms with Crippen molar-refractivity contribution < 1.29 is 17.9 Å². The van der Waals surface area contributed by atoms with Crippen molar-refractivity contribution in [3.8, 4) is 5.75 Å². The van der Waals surface area contributed by atoms with Gasteiger partial charge in [0.05, 0.1) is 17.7 Å². The molecule has 0 fully saturated rings. The smallest absolute Gasteiger partial charge is 0.261 e. The third-order valence-corrected chi connectivity index (χ3v) is 5.14. The molecule has 0 aliphatic carbocycles. The number of carbonyl (C=O) groups excluding carboxylic acids is 1. The standard InChI is InChI=1S/C20H18N2O4S/c1-26-18-11-6-10-17(14-18)22-27(24,25)19-12-5-7-15(13-19)20(23)21-16-8-3-2-4-9-16/h2-14,22H,1H3,(H,21,23). The first kappa shape index (κ1) is 18.5. The van der Waals surface area contributed by atoms with Gasteiger partial charge < -0.3 is 10.1 Å². The summed E-state index contributed by atoms with van der Waals surface area (Å²) in [4.78, 5) is 12.4. The van der Waals surface area contributed by atoms with Crippen LogP contribution in [0.1, 0.15) is 10.4 Å². The zero-order chi connectivity index (χ0) is 19.3. The number of methoxy groups -OCH3 is 1. The fourth-order valence-electron chi connectivity index (χ4n) is 2.43. The highest BCUT2D eigenvalue weighted by Gasteiger charge is 2.17. The Hall–Kier alpha value is -3.32. The molecule has 0 aliphatic heterocycles. The highest BCUT2D eigenvalue weighted by atomic mass is 32.2. The van der Waals surface area contributed by atoms with Gasteiger partial charge in [-0.1, -0.05) is 30.3 Å². The van der Waals surface area contributed by atoms with E-state index in [9.17, 15) is 13.2 Å². The van der Waals surface area contributed by atoms with Crippen LogP contribution in [0.2, 0.25) is 0 Å². The van der Waals surface area contributed by atoms with E-state index in [2.05, 4.69) is 10.0 Å². The van der Waals surface area contributed by atoms with E-state index in [1.165, 1.54) is 25.3 Å². The zero-order valence-corrected chi connectivity index (χ0v) is 15.4. The van der Waals surface area contributed by atoms with E-state index >= 15 is 0 Å². The van der Waals surface area contributed by atoms with Crippen molar-refractivity contribution in [3.63, 3.8) is 0 Å². The first-order chi connectivity index (χ1) is 13.0. The van der Waals surface area contributed by atoms with Gasteiger partial charge in [-0.15, -0.1) is 0 Å². The Kier molecular flexibility index (Phi) is 5.42. The van der Waals surface area contributed by atoms with Crippen LogP contribution in [0.5, 0.6) is 5.75 Å². The highest BCUT2D eigenvalue weighted by molar-refractivity contribution is 7.92. The summed E-state index contributed by atoms with van der Waals surface area (Å²) in [5.41, 5.74) is 1.24. The fourth-order valence-corrected chi connectivity index (χ4v) is 3.52. The summed E-state index contributed by atoms with van der Waals surface area (Å²) in [6.07, 6.45) is 0. The number of ether oxygens (including phenoxy) is 1. The Morgan fingerprint density at radius 1 is 0.852 bits per heavy atom. The number of hydrogen-bond acceptors (Lipinski definition) is 4. The monoisotopic (exact) mass is 382 g/mol. The molecule has 0 radical (unpaired) electrons. The van der Waals surface area contributed by atoms with E-state index in [0.717, 1.165) is 0 Å². The SMILES string of the molecule is COc1cccc(NS(=O)(=O)c2cccc(C(=O)Nc3ccccc3)c2)c1. The lowest BCUT2D eigenvalue weighted by atomic mass is 10.2. The molecule has 2 N–H and O–H groups in total. The Labute approximate surface area is 157 Å². The minimum atomic E-state index is -3.85. The molecular formula is C20H18N2O4S. The van der Waals surface area contributed by atoms with E-state index < -0.39 is 10.0 Å². The van der Waals surface area contributed by atoms with Crippen molar-refractivity contribution in [2.45, 2.75) is 4.90 Å². The van der Waals surface area contributed by atoms with Crippen LogP contribution in [0.4, 0.5) is 11.4 Å². The average Bonchev–Trinajstić information content (AvgIpc) is 2.68.